The van der Waals surface area contributed by atoms with Crippen LogP contribution in [0.5, 0.6) is 0 Å². The normalized spacial score (nSPS) is 11.5. The highest BCUT2D eigenvalue weighted by Gasteiger charge is 2.33. The standard InChI is InChI=1S/C24H19F4N3O2/c25-19-7-3-6-17(13-19)23(32)31(15-20-8-4-12-33-20)16-22-29-10-11-30(22)14-18-5-1-2-9-21(18)24(26,27)28/h1-13H,14-16H2. The predicted octanol–water partition coefficient (Wildman–Crippen LogP) is 5.52. The Kier molecular flexibility index (Phi) is 6.30. The molecule has 170 valence electrons. The molecule has 0 radical (unpaired) electrons. The lowest BCUT2D eigenvalue weighted by molar-refractivity contribution is -0.138. The molecule has 2 aromatic heterocycles. The van der Waals surface area contributed by atoms with Crippen molar-refractivity contribution in [2.45, 2.75) is 25.8 Å². The summed E-state index contributed by atoms with van der Waals surface area (Å²) in [5, 5.41) is 0. The van der Waals surface area contributed by atoms with Crippen LogP contribution in [0.4, 0.5) is 17.6 Å². The van der Waals surface area contributed by atoms with Gasteiger partial charge in [0.15, 0.2) is 0 Å². The molecule has 0 N–H and O–H groups in total. The largest absolute Gasteiger partial charge is 0.467 e. The van der Waals surface area contributed by atoms with Gasteiger partial charge in [0.2, 0.25) is 0 Å². The van der Waals surface area contributed by atoms with Gasteiger partial charge in [-0.05, 0) is 42.0 Å². The van der Waals surface area contributed by atoms with Crippen molar-refractivity contribution in [3.8, 4) is 0 Å². The minimum Gasteiger partial charge on any atom is -0.467 e. The van der Waals surface area contributed by atoms with Gasteiger partial charge in [-0.25, -0.2) is 9.37 Å². The number of carbonyl (C=O) groups is 1. The van der Waals surface area contributed by atoms with Crippen LogP contribution < -0.4 is 0 Å². The number of hydrogen-bond acceptors (Lipinski definition) is 3. The van der Waals surface area contributed by atoms with Crippen LogP contribution in [0.1, 0.15) is 33.1 Å². The molecule has 0 saturated carbocycles. The lowest BCUT2D eigenvalue weighted by Gasteiger charge is -2.22. The number of nitrogens with zero attached hydrogens (tertiary/aromatic N) is 3. The van der Waals surface area contributed by atoms with Gasteiger partial charge >= 0.3 is 6.18 Å². The Bertz CT molecular complexity index is 1230. The second-order valence-electron chi connectivity index (χ2n) is 7.38. The molecule has 4 aromatic rings. The van der Waals surface area contributed by atoms with Gasteiger partial charge in [0, 0.05) is 24.5 Å². The summed E-state index contributed by atoms with van der Waals surface area (Å²) in [5.41, 5.74) is -0.506. The Balaban J connectivity index is 1.62. The molecule has 0 fully saturated rings. The number of hydrogen-bond donors (Lipinski definition) is 0. The molecular weight excluding hydrogens is 438 g/mol. The van der Waals surface area contributed by atoms with Crippen LogP contribution in [-0.4, -0.2) is 20.4 Å². The Morgan fingerprint density at radius 3 is 2.58 bits per heavy atom. The minimum atomic E-state index is -4.49. The maximum atomic E-state index is 13.7. The van der Waals surface area contributed by atoms with Crippen molar-refractivity contribution in [3.05, 3.63) is 113 Å². The van der Waals surface area contributed by atoms with Gasteiger partial charge in [-0.2, -0.15) is 13.2 Å². The lowest BCUT2D eigenvalue weighted by atomic mass is 10.1. The zero-order valence-corrected chi connectivity index (χ0v) is 17.3. The Morgan fingerprint density at radius 2 is 1.85 bits per heavy atom. The number of alkyl halides is 3. The molecule has 4 rings (SSSR count). The van der Waals surface area contributed by atoms with Crippen LogP contribution in [-0.2, 0) is 25.8 Å². The number of benzene rings is 2. The van der Waals surface area contributed by atoms with E-state index in [-0.39, 0.29) is 30.8 Å². The van der Waals surface area contributed by atoms with E-state index >= 15 is 0 Å². The highest BCUT2D eigenvalue weighted by molar-refractivity contribution is 5.94. The van der Waals surface area contributed by atoms with E-state index in [9.17, 15) is 22.4 Å². The fraction of sp³-hybridized carbons (Fsp3) is 0.167. The van der Waals surface area contributed by atoms with E-state index in [1.165, 1.54) is 53.8 Å². The van der Waals surface area contributed by atoms with Crippen molar-refractivity contribution < 1.29 is 26.8 Å². The Morgan fingerprint density at radius 1 is 1.03 bits per heavy atom. The molecule has 0 atom stereocenters. The van der Waals surface area contributed by atoms with Crippen molar-refractivity contribution >= 4 is 5.91 Å². The molecule has 0 unspecified atom stereocenters. The van der Waals surface area contributed by atoms with Crippen LogP contribution >= 0.6 is 0 Å². The summed E-state index contributed by atoms with van der Waals surface area (Å²) in [6.45, 7) is -0.0145. The molecule has 0 aliphatic heterocycles. The number of amides is 1. The molecule has 2 aromatic carbocycles. The molecular formula is C24H19F4N3O2. The van der Waals surface area contributed by atoms with Gasteiger partial charge in [0.1, 0.15) is 17.4 Å². The SMILES string of the molecule is O=C(c1cccc(F)c1)N(Cc1ccco1)Cc1nccn1Cc1ccccc1C(F)(F)F. The third kappa shape index (κ3) is 5.31. The van der Waals surface area contributed by atoms with Crippen molar-refractivity contribution in [2.24, 2.45) is 0 Å². The monoisotopic (exact) mass is 457 g/mol. The third-order valence-electron chi connectivity index (χ3n) is 5.08. The van der Waals surface area contributed by atoms with E-state index in [1.807, 2.05) is 0 Å². The zero-order chi connectivity index (χ0) is 23.4. The summed E-state index contributed by atoms with van der Waals surface area (Å²) in [4.78, 5) is 18.8. The van der Waals surface area contributed by atoms with Gasteiger partial charge in [0.25, 0.3) is 5.91 Å². The summed E-state index contributed by atoms with van der Waals surface area (Å²) < 4.78 is 60.8. The van der Waals surface area contributed by atoms with Crippen molar-refractivity contribution in [2.75, 3.05) is 0 Å². The number of aromatic nitrogens is 2. The summed E-state index contributed by atoms with van der Waals surface area (Å²) in [7, 11) is 0. The summed E-state index contributed by atoms with van der Waals surface area (Å²) in [5.74, 6) is -0.135. The van der Waals surface area contributed by atoms with E-state index in [4.69, 9.17) is 4.42 Å². The van der Waals surface area contributed by atoms with Crippen molar-refractivity contribution in [3.63, 3.8) is 0 Å². The molecule has 2 heterocycles. The first-order chi connectivity index (χ1) is 15.8. The van der Waals surface area contributed by atoms with Crippen molar-refractivity contribution in [1.29, 1.82) is 0 Å². The highest BCUT2D eigenvalue weighted by Crippen LogP contribution is 2.32. The van der Waals surface area contributed by atoms with E-state index in [0.29, 0.717) is 11.6 Å². The average molecular weight is 457 g/mol. The van der Waals surface area contributed by atoms with Crippen LogP contribution in [0.2, 0.25) is 0 Å². The number of rotatable bonds is 7. The quantitative estimate of drug-likeness (QED) is 0.343. The average Bonchev–Trinajstić information content (AvgIpc) is 3.45. The molecule has 0 spiro atoms. The molecule has 33 heavy (non-hydrogen) atoms. The highest BCUT2D eigenvalue weighted by atomic mass is 19.4. The van der Waals surface area contributed by atoms with E-state index in [0.717, 1.165) is 12.1 Å². The van der Waals surface area contributed by atoms with Gasteiger partial charge in [-0.1, -0.05) is 24.3 Å². The zero-order valence-electron chi connectivity index (χ0n) is 17.3. The second-order valence-corrected chi connectivity index (χ2v) is 7.38. The molecule has 0 saturated heterocycles. The van der Waals surface area contributed by atoms with Crippen molar-refractivity contribution in [1.82, 2.24) is 14.5 Å². The number of halogens is 4. The lowest BCUT2D eigenvalue weighted by Crippen LogP contribution is -2.31. The number of furan rings is 1. The first kappa shape index (κ1) is 22.3. The second kappa shape index (κ2) is 9.32. The van der Waals surface area contributed by atoms with Crippen LogP contribution in [0, 0.1) is 5.82 Å². The molecule has 0 bridgehead atoms. The third-order valence-corrected chi connectivity index (χ3v) is 5.08. The first-order valence-corrected chi connectivity index (χ1v) is 10.0. The van der Waals surface area contributed by atoms with Gasteiger partial charge in [-0.15, -0.1) is 0 Å². The predicted molar refractivity (Wildman–Crippen MR) is 111 cm³/mol. The Labute approximate surface area is 186 Å². The smallest absolute Gasteiger partial charge is 0.416 e. The van der Waals surface area contributed by atoms with E-state index < -0.39 is 23.5 Å². The summed E-state index contributed by atoms with van der Waals surface area (Å²) >= 11 is 0. The fourth-order valence-corrected chi connectivity index (χ4v) is 3.52. The summed E-state index contributed by atoms with van der Waals surface area (Å²) in [6.07, 6.45) is -0.00527. The maximum Gasteiger partial charge on any atom is 0.416 e. The first-order valence-electron chi connectivity index (χ1n) is 10.0. The molecule has 1 amide bonds. The topological polar surface area (TPSA) is 51.3 Å². The van der Waals surface area contributed by atoms with Gasteiger partial charge in [0.05, 0.1) is 24.9 Å². The van der Waals surface area contributed by atoms with Gasteiger partial charge in [-0.3, -0.25) is 4.79 Å². The number of imidazole rings is 1. The van der Waals surface area contributed by atoms with Gasteiger partial charge < -0.3 is 13.9 Å². The van der Waals surface area contributed by atoms with E-state index in [2.05, 4.69) is 4.98 Å². The van der Waals surface area contributed by atoms with Crippen LogP contribution in [0.15, 0.2) is 83.7 Å². The van der Waals surface area contributed by atoms with Crippen LogP contribution in [0.3, 0.4) is 0 Å². The minimum absolute atomic E-state index is 0.0166. The molecule has 0 aliphatic rings. The molecule has 0 aliphatic carbocycles. The Hall–Kier alpha value is -3.88. The summed E-state index contributed by atoms with van der Waals surface area (Å²) in [6, 6.07) is 14.0. The number of carbonyl (C=O) groups excluding carboxylic acids is 1. The maximum absolute atomic E-state index is 13.7. The fourth-order valence-electron chi connectivity index (χ4n) is 3.52. The van der Waals surface area contributed by atoms with Crippen LogP contribution in [0.25, 0.3) is 0 Å². The molecule has 5 nitrogen and oxygen atoms in total. The van der Waals surface area contributed by atoms with E-state index in [1.54, 1.807) is 22.9 Å². The molecule has 9 heteroatoms.